The highest BCUT2D eigenvalue weighted by Gasteiger charge is 2.28. The molecular formula is C47H41N3O. The number of fused-ring (bicyclic) bond motifs is 4. The zero-order chi connectivity index (χ0) is 35.2. The summed E-state index contributed by atoms with van der Waals surface area (Å²) in [4.78, 5) is 7.01. The van der Waals surface area contributed by atoms with E-state index in [0.717, 1.165) is 55.3 Å². The van der Waals surface area contributed by atoms with Gasteiger partial charge in [0, 0.05) is 16.2 Å². The Hall–Kier alpha value is -6.00. The number of rotatable bonds is 7. The average Bonchev–Trinajstić information content (AvgIpc) is 3.53. The third-order valence-electron chi connectivity index (χ3n) is 9.94. The van der Waals surface area contributed by atoms with Gasteiger partial charge in [-0.2, -0.15) is 0 Å². The molecule has 0 unspecified atom stereocenters. The van der Waals surface area contributed by atoms with E-state index in [2.05, 4.69) is 143 Å². The van der Waals surface area contributed by atoms with Crippen molar-refractivity contribution < 1.29 is 4.42 Å². The Morgan fingerprint density at radius 3 is 2.02 bits per heavy atom. The predicted molar refractivity (Wildman–Crippen MR) is 215 cm³/mol. The highest BCUT2D eigenvalue weighted by Crippen LogP contribution is 2.44. The van der Waals surface area contributed by atoms with Crippen molar-refractivity contribution in [2.24, 2.45) is 0 Å². The fourth-order valence-corrected chi connectivity index (χ4v) is 7.20. The van der Waals surface area contributed by atoms with Gasteiger partial charge in [0.2, 0.25) is 0 Å². The van der Waals surface area contributed by atoms with Gasteiger partial charge in [-0.15, -0.1) is 0 Å². The van der Waals surface area contributed by atoms with Gasteiger partial charge >= 0.3 is 0 Å². The van der Waals surface area contributed by atoms with E-state index in [0.29, 0.717) is 11.4 Å². The third-order valence-corrected chi connectivity index (χ3v) is 9.94. The molecule has 4 nitrogen and oxygen atoms in total. The molecule has 0 aliphatic carbocycles. The molecular weight excluding hydrogens is 623 g/mol. The molecule has 0 fully saturated rings. The third kappa shape index (κ3) is 5.87. The standard InChI is InChI=1S/C47H41N3O/c1-29(2)41-25-36(32-12-7-6-8-13-32)26-42(30(3)4)45(41)50(37-24-35-14-9-10-17-43(35)49-28-37)47(48)40-16-11-15-39-38-23-22-34(27-44(38)51-46(39)40)33-20-18-31(5)19-21-33/h6-30,48H,1-5H3. The van der Waals surface area contributed by atoms with Gasteiger partial charge in [0.25, 0.3) is 0 Å². The van der Waals surface area contributed by atoms with E-state index in [4.69, 9.17) is 9.40 Å². The van der Waals surface area contributed by atoms with Crippen molar-refractivity contribution in [1.82, 2.24) is 4.98 Å². The molecule has 1 N–H and O–H groups in total. The number of furan rings is 1. The summed E-state index contributed by atoms with van der Waals surface area (Å²) in [5, 5.41) is 13.2. The molecule has 0 aliphatic rings. The van der Waals surface area contributed by atoms with Gasteiger partial charge in [-0.25, -0.2) is 0 Å². The van der Waals surface area contributed by atoms with Crippen molar-refractivity contribution in [2.75, 3.05) is 4.90 Å². The lowest BCUT2D eigenvalue weighted by atomic mass is 9.87. The van der Waals surface area contributed by atoms with Crippen molar-refractivity contribution in [3.05, 3.63) is 162 Å². The zero-order valence-corrected chi connectivity index (χ0v) is 29.7. The number of anilines is 2. The first-order valence-electron chi connectivity index (χ1n) is 17.8. The van der Waals surface area contributed by atoms with Crippen molar-refractivity contribution in [3.8, 4) is 22.3 Å². The Labute approximate surface area is 299 Å². The van der Waals surface area contributed by atoms with Crippen molar-refractivity contribution >= 4 is 50.1 Å². The number of aromatic nitrogens is 1. The van der Waals surface area contributed by atoms with Crippen LogP contribution in [0.4, 0.5) is 11.4 Å². The summed E-state index contributed by atoms with van der Waals surface area (Å²) in [5.41, 5.74) is 13.2. The summed E-state index contributed by atoms with van der Waals surface area (Å²) < 4.78 is 6.73. The summed E-state index contributed by atoms with van der Waals surface area (Å²) in [6, 6.07) is 46.7. The van der Waals surface area contributed by atoms with Gasteiger partial charge < -0.3 is 4.42 Å². The summed E-state index contributed by atoms with van der Waals surface area (Å²) in [5.74, 6) is 0.714. The smallest absolute Gasteiger partial charge is 0.146 e. The number of benzene rings is 6. The van der Waals surface area contributed by atoms with Gasteiger partial charge in [0.05, 0.1) is 28.7 Å². The maximum absolute atomic E-state index is 10.2. The van der Waals surface area contributed by atoms with E-state index < -0.39 is 0 Å². The minimum Gasteiger partial charge on any atom is -0.455 e. The van der Waals surface area contributed by atoms with E-state index in [-0.39, 0.29) is 11.8 Å². The molecule has 0 radical (unpaired) electrons. The molecule has 250 valence electrons. The van der Waals surface area contributed by atoms with Crippen molar-refractivity contribution in [1.29, 1.82) is 5.41 Å². The van der Waals surface area contributed by atoms with E-state index in [1.165, 1.54) is 27.8 Å². The summed E-state index contributed by atoms with van der Waals surface area (Å²) >= 11 is 0. The average molecular weight is 664 g/mol. The lowest BCUT2D eigenvalue weighted by Crippen LogP contribution is -2.29. The molecule has 0 saturated heterocycles. The van der Waals surface area contributed by atoms with Crippen LogP contribution in [-0.2, 0) is 0 Å². The van der Waals surface area contributed by atoms with Crippen LogP contribution in [0.2, 0.25) is 0 Å². The molecule has 0 saturated carbocycles. The molecule has 51 heavy (non-hydrogen) atoms. The maximum atomic E-state index is 10.2. The molecule has 0 amide bonds. The monoisotopic (exact) mass is 663 g/mol. The molecule has 0 spiro atoms. The highest BCUT2D eigenvalue weighted by molar-refractivity contribution is 6.21. The minimum atomic E-state index is 0.187. The van der Waals surface area contributed by atoms with Crippen LogP contribution in [0.5, 0.6) is 0 Å². The quantitative estimate of drug-likeness (QED) is 0.136. The Bertz CT molecular complexity index is 2530. The molecule has 4 heteroatoms. The minimum absolute atomic E-state index is 0.187. The zero-order valence-electron chi connectivity index (χ0n) is 29.7. The second kappa shape index (κ2) is 13.0. The Balaban J connectivity index is 1.36. The molecule has 2 aromatic heterocycles. The fourth-order valence-electron chi connectivity index (χ4n) is 7.20. The largest absolute Gasteiger partial charge is 0.455 e. The van der Waals surface area contributed by atoms with Crippen LogP contribution in [0.15, 0.2) is 144 Å². The molecule has 8 rings (SSSR count). The number of hydrogen-bond donors (Lipinski definition) is 1. The Morgan fingerprint density at radius 2 is 1.29 bits per heavy atom. The van der Waals surface area contributed by atoms with E-state index in [1.54, 1.807) is 0 Å². The lowest BCUT2D eigenvalue weighted by Gasteiger charge is -2.33. The fraction of sp³-hybridized carbons (Fsp3) is 0.149. The van der Waals surface area contributed by atoms with E-state index >= 15 is 0 Å². The normalized spacial score (nSPS) is 11.7. The van der Waals surface area contributed by atoms with Crippen molar-refractivity contribution in [3.63, 3.8) is 0 Å². The molecule has 6 aromatic carbocycles. The molecule has 2 heterocycles. The van der Waals surface area contributed by atoms with Gasteiger partial charge in [-0.3, -0.25) is 15.3 Å². The first-order chi connectivity index (χ1) is 24.8. The maximum Gasteiger partial charge on any atom is 0.146 e. The highest BCUT2D eigenvalue weighted by atomic mass is 16.3. The lowest BCUT2D eigenvalue weighted by molar-refractivity contribution is 0.668. The molecule has 8 aromatic rings. The second-order valence-electron chi connectivity index (χ2n) is 14.1. The van der Waals surface area contributed by atoms with E-state index in [9.17, 15) is 5.41 Å². The summed E-state index contributed by atoms with van der Waals surface area (Å²) in [6.07, 6.45) is 1.91. The number of hydrogen-bond acceptors (Lipinski definition) is 3. The molecule has 0 bridgehead atoms. The van der Waals surface area contributed by atoms with Crippen molar-refractivity contribution in [2.45, 2.75) is 46.5 Å². The number of pyridine rings is 1. The van der Waals surface area contributed by atoms with Crippen LogP contribution in [0.3, 0.4) is 0 Å². The molecule has 0 atom stereocenters. The first-order valence-corrected chi connectivity index (χ1v) is 17.8. The first kappa shape index (κ1) is 32.2. The summed E-state index contributed by atoms with van der Waals surface area (Å²) in [7, 11) is 0. The van der Waals surface area contributed by atoms with Gasteiger partial charge in [-0.05, 0) is 94.6 Å². The SMILES string of the molecule is Cc1ccc(-c2ccc3c(c2)oc2c(C(=N)N(c4cnc5ccccc5c4)c4c(C(C)C)cc(-c5ccccc5)cc4C(C)C)cccc23)cc1. The topological polar surface area (TPSA) is 53.1 Å². The molecule has 0 aliphatic heterocycles. The van der Waals surface area contributed by atoms with Crippen LogP contribution in [0.25, 0.3) is 55.1 Å². The van der Waals surface area contributed by atoms with Crippen LogP contribution < -0.4 is 4.90 Å². The van der Waals surface area contributed by atoms with Gasteiger partial charge in [-0.1, -0.05) is 124 Å². The number of nitrogens with one attached hydrogen (secondary N) is 1. The van der Waals surface area contributed by atoms with Crippen LogP contribution in [0.1, 0.15) is 61.8 Å². The van der Waals surface area contributed by atoms with Crippen LogP contribution in [0, 0.1) is 12.3 Å². The predicted octanol–water partition coefficient (Wildman–Crippen LogP) is 13.2. The number of amidine groups is 1. The van der Waals surface area contributed by atoms with E-state index in [1.807, 2.05) is 36.5 Å². The van der Waals surface area contributed by atoms with Crippen LogP contribution in [-0.4, -0.2) is 10.8 Å². The number of para-hydroxylation sites is 2. The number of aryl methyl sites for hydroxylation is 1. The number of nitrogens with zero attached hydrogens (tertiary/aromatic N) is 2. The Morgan fingerprint density at radius 1 is 0.627 bits per heavy atom. The van der Waals surface area contributed by atoms with Gasteiger partial charge in [0.1, 0.15) is 17.0 Å². The second-order valence-corrected chi connectivity index (χ2v) is 14.1. The summed E-state index contributed by atoms with van der Waals surface area (Å²) in [6.45, 7) is 11.1. The van der Waals surface area contributed by atoms with Crippen LogP contribution >= 0.6 is 0 Å². The van der Waals surface area contributed by atoms with Gasteiger partial charge in [0.15, 0.2) is 0 Å². The Kier molecular flexibility index (Phi) is 8.24.